The van der Waals surface area contributed by atoms with E-state index in [0.717, 1.165) is 11.0 Å². The lowest BCUT2D eigenvalue weighted by atomic mass is 10.3. The third-order valence-corrected chi connectivity index (χ3v) is 3.63. The van der Waals surface area contributed by atoms with Gasteiger partial charge in [0, 0.05) is 0 Å². The summed E-state index contributed by atoms with van der Waals surface area (Å²) in [5.41, 5.74) is 4.42. The Morgan fingerprint density at radius 1 is 1.33 bits per heavy atom. The summed E-state index contributed by atoms with van der Waals surface area (Å²) in [6, 6.07) is 7.47. The Bertz CT molecular complexity index is 819. The van der Waals surface area contributed by atoms with Gasteiger partial charge in [0.25, 0.3) is 5.91 Å². The van der Waals surface area contributed by atoms with Crippen molar-refractivity contribution in [2.24, 2.45) is 0 Å². The fraction of sp³-hybridized carbons (Fsp3) is 0.0769. The molecule has 0 atom stereocenters. The number of carbonyl (C=O) groups is 1. The quantitative estimate of drug-likeness (QED) is 0.593. The molecule has 1 N–H and O–H groups in total. The Balaban J connectivity index is 1.93. The van der Waals surface area contributed by atoms with E-state index in [-0.39, 0.29) is 10.7 Å². The van der Waals surface area contributed by atoms with Crippen LogP contribution in [0.25, 0.3) is 11.0 Å². The van der Waals surface area contributed by atoms with Gasteiger partial charge in [-0.2, -0.15) is 0 Å². The smallest absolute Gasteiger partial charge is 0.266 e. The van der Waals surface area contributed by atoms with Gasteiger partial charge in [0.15, 0.2) is 10.9 Å². The average molecular weight is 320 g/mol. The molecule has 2 aromatic heterocycles. The van der Waals surface area contributed by atoms with Crippen molar-refractivity contribution in [3.05, 3.63) is 47.5 Å². The summed E-state index contributed by atoms with van der Waals surface area (Å²) in [6.07, 6.45) is 4.78. The summed E-state index contributed by atoms with van der Waals surface area (Å²) in [7, 11) is 0. The van der Waals surface area contributed by atoms with Gasteiger partial charge in [0.05, 0.1) is 22.3 Å². The molecule has 21 heavy (non-hydrogen) atoms. The number of para-hydroxylation sites is 2. The number of imidazole rings is 1. The van der Waals surface area contributed by atoms with E-state index in [1.807, 2.05) is 30.5 Å². The summed E-state index contributed by atoms with van der Waals surface area (Å²) in [6.45, 7) is 0. The number of benzene rings is 1. The van der Waals surface area contributed by atoms with Crippen LogP contribution in [0, 0.1) is 0 Å². The van der Waals surface area contributed by atoms with Crippen LogP contribution in [0.3, 0.4) is 0 Å². The largest absolute Gasteiger partial charge is 0.290 e. The predicted molar refractivity (Wildman–Crippen MR) is 82.2 cm³/mol. The van der Waals surface area contributed by atoms with Gasteiger partial charge in [0.1, 0.15) is 6.33 Å². The predicted octanol–water partition coefficient (Wildman–Crippen LogP) is 2.59. The second-order valence-electron chi connectivity index (χ2n) is 4.10. The Morgan fingerprint density at radius 3 is 2.95 bits per heavy atom. The second-order valence-corrected chi connectivity index (χ2v) is 5.28. The van der Waals surface area contributed by atoms with Gasteiger partial charge in [0.2, 0.25) is 0 Å². The Morgan fingerprint density at radius 2 is 2.14 bits per heavy atom. The molecule has 8 heteroatoms. The maximum Gasteiger partial charge on any atom is 0.290 e. The van der Waals surface area contributed by atoms with Crippen molar-refractivity contribution in [1.29, 1.82) is 0 Å². The van der Waals surface area contributed by atoms with E-state index in [9.17, 15) is 4.79 Å². The Kier molecular flexibility index (Phi) is 3.76. The zero-order chi connectivity index (χ0) is 14.8. The normalized spacial score (nSPS) is 10.8. The highest BCUT2D eigenvalue weighted by atomic mass is 35.5. The van der Waals surface area contributed by atoms with E-state index in [0.29, 0.717) is 5.16 Å². The molecule has 6 nitrogen and oxygen atoms in total. The van der Waals surface area contributed by atoms with Crippen LogP contribution < -0.4 is 5.43 Å². The van der Waals surface area contributed by atoms with Gasteiger partial charge in [-0.05, 0) is 18.4 Å². The van der Waals surface area contributed by atoms with E-state index >= 15 is 0 Å². The fourth-order valence-corrected chi connectivity index (χ4v) is 2.34. The van der Waals surface area contributed by atoms with E-state index in [1.165, 1.54) is 29.0 Å². The number of aromatic nitrogens is 4. The van der Waals surface area contributed by atoms with Gasteiger partial charge in [-0.15, -0.1) is 0 Å². The van der Waals surface area contributed by atoms with Crippen LogP contribution in [-0.4, -0.2) is 31.8 Å². The summed E-state index contributed by atoms with van der Waals surface area (Å²) in [5, 5.41) is 0.690. The van der Waals surface area contributed by atoms with Crippen molar-refractivity contribution < 1.29 is 4.79 Å². The number of hydrogen-bond acceptors (Lipinski definition) is 5. The molecule has 3 rings (SSSR count). The molecule has 3 aromatic rings. The maximum atomic E-state index is 12.3. The summed E-state index contributed by atoms with van der Waals surface area (Å²) in [4.78, 5) is 24.6. The highest BCUT2D eigenvalue weighted by Gasteiger charge is 2.15. The van der Waals surface area contributed by atoms with Crippen LogP contribution in [0.1, 0.15) is 10.5 Å². The van der Waals surface area contributed by atoms with E-state index < -0.39 is 5.91 Å². The van der Waals surface area contributed by atoms with Crippen molar-refractivity contribution >= 4 is 40.3 Å². The van der Waals surface area contributed by atoms with Crippen molar-refractivity contribution in [3.63, 3.8) is 0 Å². The van der Waals surface area contributed by atoms with Crippen LogP contribution in [0.5, 0.6) is 0 Å². The molecule has 1 amide bonds. The first-order valence-corrected chi connectivity index (χ1v) is 7.59. The molecule has 0 unspecified atom stereocenters. The highest BCUT2D eigenvalue weighted by molar-refractivity contribution is 7.98. The summed E-state index contributed by atoms with van der Waals surface area (Å²) < 4.78 is 1.54. The number of nitrogens with zero attached hydrogens (tertiary/aromatic N) is 4. The van der Waals surface area contributed by atoms with Gasteiger partial charge >= 0.3 is 0 Å². The lowest BCUT2D eigenvalue weighted by Crippen LogP contribution is -2.23. The molecule has 0 saturated carbocycles. The second kappa shape index (κ2) is 5.71. The molecule has 0 bridgehead atoms. The number of nitrogens with one attached hydrogen (secondary N) is 1. The van der Waals surface area contributed by atoms with Gasteiger partial charge in [-0.1, -0.05) is 35.5 Å². The fourth-order valence-electron chi connectivity index (χ4n) is 1.82. The monoisotopic (exact) mass is 319 g/mol. The minimum atomic E-state index is -0.416. The van der Waals surface area contributed by atoms with Gasteiger partial charge in [-0.3, -0.25) is 10.2 Å². The summed E-state index contributed by atoms with van der Waals surface area (Å²) >= 11 is 7.33. The molecule has 0 fully saturated rings. The number of amides is 1. The molecular formula is C13H10ClN5OS. The topological polar surface area (TPSA) is 72.7 Å². The van der Waals surface area contributed by atoms with Crippen LogP contribution in [-0.2, 0) is 0 Å². The molecule has 2 heterocycles. The first-order valence-electron chi connectivity index (χ1n) is 5.99. The number of rotatable bonds is 3. The van der Waals surface area contributed by atoms with E-state index in [4.69, 9.17) is 11.6 Å². The molecule has 0 saturated heterocycles. The third-order valence-electron chi connectivity index (χ3n) is 2.80. The minimum absolute atomic E-state index is 0.133. The molecule has 1 aromatic carbocycles. The van der Waals surface area contributed by atoms with Gasteiger partial charge < -0.3 is 0 Å². The standard InChI is InChI=1S/C13H10ClN5OS/c1-21-13-15-6-8(14)11(17-13)12(20)18-19-7-16-9-4-2-3-5-10(9)19/h2-7H,1H3,(H,18,20). The lowest BCUT2D eigenvalue weighted by Gasteiger charge is -2.08. The zero-order valence-corrected chi connectivity index (χ0v) is 12.5. The highest BCUT2D eigenvalue weighted by Crippen LogP contribution is 2.17. The average Bonchev–Trinajstić information content (AvgIpc) is 2.91. The van der Waals surface area contributed by atoms with Crippen molar-refractivity contribution in [2.75, 3.05) is 11.7 Å². The number of halogens is 1. The third kappa shape index (κ3) is 2.70. The van der Waals surface area contributed by atoms with E-state index in [2.05, 4.69) is 20.4 Å². The first-order chi connectivity index (χ1) is 10.2. The first kappa shape index (κ1) is 13.8. The number of thioether (sulfide) groups is 1. The van der Waals surface area contributed by atoms with Gasteiger partial charge in [-0.25, -0.2) is 19.6 Å². The molecule has 0 radical (unpaired) electrons. The van der Waals surface area contributed by atoms with E-state index in [1.54, 1.807) is 0 Å². The summed E-state index contributed by atoms with van der Waals surface area (Å²) in [5.74, 6) is -0.416. The number of hydrogen-bond donors (Lipinski definition) is 1. The zero-order valence-electron chi connectivity index (χ0n) is 10.9. The lowest BCUT2D eigenvalue weighted by molar-refractivity contribution is 0.100. The maximum absolute atomic E-state index is 12.3. The molecule has 0 aliphatic rings. The molecular weight excluding hydrogens is 310 g/mol. The van der Waals surface area contributed by atoms with Crippen molar-refractivity contribution in [1.82, 2.24) is 19.6 Å². The Labute approximate surface area is 129 Å². The minimum Gasteiger partial charge on any atom is -0.266 e. The number of carbonyl (C=O) groups excluding carboxylic acids is 1. The van der Waals surface area contributed by atoms with Crippen molar-refractivity contribution in [2.45, 2.75) is 5.16 Å². The molecule has 0 aliphatic heterocycles. The van der Waals surface area contributed by atoms with Crippen LogP contribution in [0.15, 0.2) is 41.9 Å². The van der Waals surface area contributed by atoms with Crippen LogP contribution in [0.2, 0.25) is 5.02 Å². The van der Waals surface area contributed by atoms with Crippen molar-refractivity contribution in [3.8, 4) is 0 Å². The SMILES string of the molecule is CSc1ncc(Cl)c(C(=O)Nn2cnc3ccccc32)n1. The Hall–Kier alpha value is -2.12. The number of fused-ring (bicyclic) bond motifs is 1. The van der Waals surface area contributed by atoms with Crippen LogP contribution >= 0.6 is 23.4 Å². The molecule has 0 spiro atoms. The molecule has 0 aliphatic carbocycles. The molecule has 106 valence electrons. The van der Waals surface area contributed by atoms with Crippen LogP contribution in [0.4, 0.5) is 0 Å².